The summed E-state index contributed by atoms with van der Waals surface area (Å²) in [6, 6.07) is 3.91. The third-order valence-corrected chi connectivity index (χ3v) is 4.86. The van der Waals surface area contributed by atoms with Crippen molar-refractivity contribution in [2.24, 2.45) is 0 Å². The Labute approximate surface area is 147 Å². The highest BCUT2D eigenvalue weighted by Gasteiger charge is 2.15. The maximum atomic E-state index is 11.7. The van der Waals surface area contributed by atoms with E-state index in [0.717, 1.165) is 18.2 Å². The highest BCUT2D eigenvalue weighted by atomic mass is 127. The number of alkyl halides is 1. The Morgan fingerprint density at radius 1 is 1.45 bits per heavy atom. The molecule has 22 heavy (non-hydrogen) atoms. The molecule has 0 heterocycles. The largest absolute Gasteiger partial charge is 0.398 e. The number of amides is 1. The minimum Gasteiger partial charge on any atom is -0.398 e. The molecule has 0 spiro atoms. The standard InChI is InChI=1S/C12H17IN2O5S2/c13-8-20-4-1-5-21-7-12(16)15-9-2-3-10(14)11(6-9)22(17,18)19/h2-3,6H,1,4-5,7-8,14H2,(H,15,16)(H,17,18,19). The predicted octanol–water partition coefficient (Wildman–Crippen LogP) is 1.99. The van der Waals surface area contributed by atoms with Gasteiger partial charge in [-0.2, -0.15) is 20.2 Å². The van der Waals surface area contributed by atoms with Gasteiger partial charge in [0.25, 0.3) is 10.1 Å². The number of hydrogen-bond donors (Lipinski definition) is 3. The lowest BCUT2D eigenvalue weighted by Gasteiger charge is -2.08. The van der Waals surface area contributed by atoms with E-state index in [2.05, 4.69) is 27.9 Å². The van der Waals surface area contributed by atoms with E-state index in [4.69, 9.17) is 15.0 Å². The monoisotopic (exact) mass is 460 g/mol. The fourth-order valence-corrected chi connectivity index (χ4v) is 3.19. The number of ether oxygens (including phenoxy) is 1. The van der Waals surface area contributed by atoms with Crippen molar-refractivity contribution in [2.45, 2.75) is 11.3 Å². The number of halogens is 1. The normalized spacial score (nSPS) is 11.4. The number of hydrogen-bond acceptors (Lipinski definition) is 6. The smallest absolute Gasteiger partial charge is 0.296 e. The van der Waals surface area contributed by atoms with Crippen molar-refractivity contribution < 1.29 is 22.5 Å². The van der Waals surface area contributed by atoms with Crippen LogP contribution in [0.5, 0.6) is 0 Å². The van der Waals surface area contributed by atoms with Crippen LogP contribution in [0.15, 0.2) is 23.1 Å². The van der Waals surface area contributed by atoms with Gasteiger partial charge in [-0.15, -0.1) is 0 Å². The van der Waals surface area contributed by atoms with Crippen LogP contribution in [0.25, 0.3) is 0 Å². The van der Waals surface area contributed by atoms with Gasteiger partial charge in [0, 0.05) is 12.3 Å². The van der Waals surface area contributed by atoms with Crippen molar-refractivity contribution in [3.05, 3.63) is 18.2 Å². The number of carbonyl (C=O) groups excluding carboxylic acids is 1. The second kappa shape index (κ2) is 9.55. The van der Waals surface area contributed by atoms with Crippen LogP contribution < -0.4 is 11.1 Å². The summed E-state index contributed by atoms with van der Waals surface area (Å²) in [6.07, 6.45) is 0.857. The first-order chi connectivity index (χ1) is 10.3. The summed E-state index contributed by atoms with van der Waals surface area (Å²) >= 11 is 3.58. The molecule has 0 unspecified atom stereocenters. The van der Waals surface area contributed by atoms with Crippen LogP contribution in [0.3, 0.4) is 0 Å². The summed E-state index contributed by atoms with van der Waals surface area (Å²) in [7, 11) is -4.42. The quantitative estimate of drug-likeness (QED) is 0.170. The van der Waals surface area contributed by atoms with Crippen LogP contribution in [0.1, 0.15) is 6.42 Å². The third kappa shape index (κ3) is 7.13. The van der Waals surface area contributed by atoms with E-state index in [1.165, 1.54) is 23.9 Å². The molecule has 124 valence electrons. The first-order valence-corrected chi connectivity index (χ1v) is 10.3. The molecule has 0 bridgehead atoms. The number of carbonyl (C=O) groups is 1. The summed E-state index contributed by atoms with van der Waals surface area (Å²) in [5.74, 6) is 0.781. The van der Waals surface area contributed by atoms with E-state index in [1.807, 2.05) is 0 Å². The Bertz CT molecular complexity index is 610. The average Bonchev–Trinajstić information content (AvgIpc) is 2.43. The molecule has 0 aliphatic rings. The Morgan fingerprint density at radius 3 is 2.82 bits per heavy atom. The molecule has 4 N–H and O–H groups in total. The minimum atomic E-state index is -4.42. The van der Waals surface area contributed by atoms with E-state index in [-0.39, 0.29) is 23.0 Å². The molecule has 0 saturated carbocycles. The van der Waals surface area contributed by atoms with E-state index in [9.17, 15) is 13.2 Å². The lowest BCUT2D eigenvalue weighted by atomic mass is 10.3. The zero-order chi connectivity index (χ0) is 16.6. The second-order valence-corrected chi connectivity index (χ2v) is 7.32. The van der Waals surface area contributed by atoms with Gasteiger partial charge in [-0.05, 0) is 30.4 Å². The fraction of sp³-hybridized carbons (Fsp3) is 0.417. The van der Waals surface area contributed by atoms with Gasteiger partial charge in [0.2, 0.25) is 5.91 Å². The van der Waals surface area contributed by atoms with Crippen molar-refractivity contribution in [1.82, 2.24) is 0 Å². The summed E-state index contributed by atoms with van der Waals surface area (Å²) < 4.78 is 37.1. The van der Waals surface area contributed by atoms with Crippen molar-refractivity contribution in [1.29, 1.82) is 0 Å². The first kappa shape index (κ1) is 19.5. The maximum absolute atomic E-state index is 11.7. The molecule has 1 rings (SSSR count). The SMILES string of the molecule is Nc1ccc(NC(=O)CSCCCOCI)cc1S(=O)(=O)O. The first-order valence-electron chi connectivity index (χ1n) is 6.23. The molecule has 1 aromatic carbocycles. The summed E-state index contributed by atoms with van der Waals surface area (Å²) in [6.45, 7) is 0.660. The van der Waals surface area contributed by atoms with Crippen LogP contribution in [0.4, 0.5) is 11.4 Å². The van der Waals surface area contributed by atoms with Crippen LogP contribution in [-0.2, 0) is 19.6 Å². The molecular formula is C12H17IN2O5S2. The molecule has 0 fully saturated rings. The third-order valence-electron chi connectivity index (χ3n) is 2.46. The lowest BCUT2D eigenvalue weighted by Crippen LogP contribution is -2.15. The minimum absolute atomic E-state index is 0.0786. The molecule has 1 aromatic rings. The number of thioether (sulfide) groups is 1. The number of benzene rings is 1. The molecule has 0 aromatic heterocycles. The van der Waals surface area contributed by atoms with Crippen molar-refractivity contribution in [3.8, 4) is 0 Å². The van der Waals surface area contributed by atoms with Gasteiger partial charge < -0.3 is 15.8 Å². The van der Waals surface area contributed by atoms with Gasteiger partial charge in [-0.25, -0.2) is 0 Å². The van der Waals surface area contributed by atoms with Crippen LogP contribution in [0, 0.1) is 0 Å². The van der Waals surface area contributed by atoms with Crippen LogP contribution >= 0.6 is 34.4 Å². The molecule has 1 amide bonds. The average molecular weight is 460 g/mol. The Morgan fingerprint density at radius 2 is 2.18 bits per heavy atom. The van der Waals surface area contributed by atoms with Crippen molar-refractivity contribution in [2.75, 3.05) is 33.8 Å². The topological polar surface area (TPSA) is 119 Å². The number of rotatable bonds is 9. The number of nitrogen functional groups attached to an aromatic ring is 1. The van der Waals surface area contributed by atoms with Crippen LogP contribution in [0.2, 0.25) is 0 Å². The van der Waals surface area contributed by atoms with E-state index in [0.29, 0.717) is 11.2 Å². The molecule has 0 aliphatic carbocycles. The number of anilines is 2. The zero-order valence-electron chi connectivity index (χ0n) is 11.6. The Balaban J connectivity index is 2.48. The molecule has 0 radical (unpaired) electrons. The zero-order valence-corrected chi connectivity index (χ0v) is 15.4. The maximum Gasteiger partial charge on any atom is 0.296 e. The van der Waals surface area contributed by atoms with E-state index < -0.39 is 15.0 Å². The lowest BCUT2D eigenvalue weighted by molar-refractivity contribution is -0.113. The van der Waals surface area contributed by atoms with Gasteiger partial charge in [0.05, 0.1) is 16.1 Å². The molecular weight excluding hydrogens is 443 g/mol. The number of nitrogens with one attached hydrogen (secondary N) is 1. The number of nitrogens with two attached hydrogens (primary N) is 1. The molecule has 0 aliphatic heterocycles. The highest BCUT2D eigenvalue weighted by molar-refractivity contribution is 14.1. The van der Waals surface area contributed by atoms with Gasteiger partial charge in [-0.3, -0.25) is 9.35 Å². The van der Waals surface area contributed by atoms with Crippen molar-refractivity contribution in [3.63, 3.8) is 0 Å². The van der Waals surface area contributed by atoms with Gasteiger partial charge in [-0.1, -0.05) is 22.6 Å². The Kier molecular flexibility index (Phi) is 8.46. The van der Waals surface area contributed by atoms with E-state index >= 15 is 0 Å². The van der Waals surface area contributed by atoms with Crippen molar-refractivity contribution >= 4 is 61.8 Å². The highest BCUT2D eigenvalue weighted by Crippen LogP contribution is 2.22. The molecule has 10 heteroatoms. The molecule has 0 saturated heterocycles. The summed E-state index contributed by atoms with van der Waals surface area (Å²) in [5, 5.41) is 2.56. The van der Waals surface area contributed by atoms with Gasteiger partial charge in [0.1, 0.15) is 4.90 Å². The Hall–Kier alpha value is -0.560. The second-order valence-electron chi connectivity index (χ2n) is 4.20. The van der Waals surface area contributed by atoms with E-state index in [1.54, 1.807) is 0 Å². The molecule has 7 nitrogen and oxygen atoms in total. The predicted molar refractivity (Wildman–Crippen MR) is 96.1 cm³/mol. The van der Waals surface area contributed by atoms with Gasteiger partial charge >= 0.3 is 0 Å². The summed E-state index contributed by atoms with van der Waals surface area (Å²) in [4.78, 5) is 11.3. The summed E-state index contributed by atoms with van der Waals surface area (Å²) in [5.41, 5.74) is 5.66. The fourth-order valence-electron chi connectivity index (χ4n) is 1.52. The van der Waals surface area contributed by atoms with Crippen LogP contribution in [-0.4, -0.2) is 41.6 Å². The molecule has 0 atom stereocenters. The van der Waals surface area contributed by atoms with Gasteiger partial charge in [0.15, 0.2) is 0 Å².